The molecule has 1 heterocycles. The molecule has 0 bridgehead atoms. The molecule has 0 aromatic heterocycles. The van der Waals surface area contributed by atoms with Crippen molar-refractivity contribution in [2.45, 2.75) is 31.8 Å². The van der Waals surface area contributed by atoms with Gasteiger partial charge < -0.3 is 4.90 Å². The second kappa shape index (κ2) is 7.07. The fourth-order valence-corrected chi connectivity index (χ4v) is 3.90. The first-order valence-corrected chi connectivity index (χ1v) is 8.55. The highest BCUT2D eigenvalue weighted by molar-refractivity contribution is 7.98. The molecule has 0 N–H and O–H groups in total. The fourth-order valence-electron chi connectivity index (χ4n) is 1.94. The summed E-state index contributed by atoms with van der Waals surface area (Å²) in [6, 6.07) is 5.89. The van der Waals surface area contributed by atoms with Gasteiger partial charge in [0.2, 0.25) is 5.11 Å². The molecule has 2 rings (SSSR count). The van der Waals surface area contributed by atoms with Crippen molar-refractivity contribution in [1.82, 2.24) is 4.90 Å². The van der Waals surface area contributed by atoms with Crippen LogP contribution in [0.1, 0.15) is 19.4 Å². The SMILES string of the molecule is CC(C)N1C(=S)N=NC1CSCc1ccc(Cl)cc1Cl. The maximum Gasteiger partial charge on any atom is 0.218 e. The van der Waals surface area contributed by atoms with E-state index in [0.717, 1.165) is 17.1 Å². The molecule has 1 aliphatic rings. The van der Waals surface area contributed by atoms with Crippen LogP contribution >= 0.6 is 47.2 Å². The van der Waals surface area contributed by atoms with Crippen LogP contribution in [0.25, 0.3) is 0 Å². The molecule has 0 radical (unpaired) electrons. The Morgan fingerprint density at radius 1 is 1.40 bits per heavy atom. The van der Waals surface area contributed by atoms with Gasteiger partial charge in [-0.25, -0.2) is 0 Å². The Balaban J connectivity index is 1.90. The molecular formula is C13H15Cl2N3S2. The number of azo groups is 1. The molecule has 0 aliphatic carbocycles. The molecule has 1 atom stereocenters. The van der Waals surface area contributed by atoms with Crippen LogP contribution in [0, 0.1) is 0 Å². The zero-order valence-corrected chi connectivity index (χ0v) is 14.4. The van der Waals surface area contributed by atoms with Gasteiger partial charge in [0, 0.05) is 27.6 Å². The number of rotatable bonds is 5. The third-order valence-electron chi connectivity index (χ3n) is 2.91. The lowest BCUT2D eigenvalue weighted by Gasteiger charge is -2.26. The molecule has 1 aromatic carbocycles. The molecule has 3 nitrogen and oxygen atoms in total. The van der Waals surface area contributed by atoms with Gasteiger partial charge in [0.1, 0.15) is 0 Å². The summed E-state index contributed by atoms with van der Waals surface area (Å²) in [5.74, 6) is 1.65. The summed E-state index contributed by atoms with van der Waals surface area (Å²) in [4.78, 5) is 2.06. The van der Waals surface area contributed by atoms with E-state index in [4.69, 9.17) is 35.4 Å². The van der Waals surface area contributed by atoms with Crippen LogP contribution in [-0.2, 0) is 5.75 Å². The Labute approximate surface area is 138 Å². The van der Waals surface area contributed by atoms with Crippen LogP contribution in [0.5, 0.6) is 0 Å². The average molecular weight is 348 g/mol. The summed E-state index contributed by atoms with van der Waals surface area (Å²) >= 11 is 19.0. The van der Waals surface area contributed by atoms with Crippen molar-refractivity contribution < 1.29 is 0 Å². The third kappa shape index (κ3) is 3.85. The van der Waals surface area contributed by atoms with Crippen LogP contribution in [0.3, 0.4) is 0 Å². The second-order valence-electron chi connectivity index (χ2n) is 4.73. The second-order valence-corrected chi connectivity index (χ2v) is 6.97. The smallest absolute Gasteiger partial charge is 0.218 e. The van der Waals surface area contributed by atoms with Gasteiger partial charge >= 0.3 is 0 Å². The van der Waals surface area contributed by atoms with E-state index >= 15 is 0 Å². The maximum atomic E-state index is 6.16. The van der Waals surface area contributed by atoms with Gasteiger partial charge in [0.05, 0.1) is 0 Å². The first kappa shape index (κ1) is 16.0. The third-order valence-corrected chi connectivity index (χ3v) is 4.84. The van der Waals surface area contributed by atoms with Gasteiger partial charge in [-0.1, -0.05) is 29.3 Å². The van der Waals surface area contributed by atoms with E-state index in [0.29, 0.717) is 21.2 Å². The summed E-state index contributed by atoms with van der Waals surface area (Å²) in [5, 5.41) is 10.2. The minimum atomic E-state index is 0.0265. The van der Waals surface area contributed by atoms with E-state index in [1.165, 1.54) is 0 Å². The molecule has 1 aromatic rings. The lowest BCUT2D eigenvalue weighted by molar-refractivity contribution is 0.307. The molecule has 1 unspecified atom stereocenters. The Morgan fingerprint density at radius 3 is 2.80 bits per heavy atom. The lowest BCUT2D eigenvalue weighted by Crippen LogP contribution is -2.39. The largest absolute Gasteiger partial charge is 0.319 e. The highest BCUT2D eigenvalue weighted by Crippen LogP contribution is 2.27. The Hall–Kier alpha value is -0.360. The average Bonchev–Trinajstić information content (AvgIpc) is 2.73. The Bertz CT molecular complexity index is 534. The highest BCUT2D eigenvalue weighted by Gasteiger charge is 2.28. The molecular weight excluding hydrogens is 333 g/mol. The van der Waals surface area contributed by atoms with Crippen molar-refractivity contribution >= 4 is 52.3 Å². The number of benzene rings is 1. The van der Waals surface area contributed by atoms with Crippen molar-refractivity contribution in [3.05, 3.63) is 33.8 Å². The molecule has 0 saturated heterocycles. The predicted molar refractivity (Wildman–Crippen MR) is 90.8 cm³/mol. The molecule has 0 saturated carbocycles. The minimum Gasteiger partial charge on any atom is -0.319 e. The molecule has 0 fully saturated rings. The maximum absolute atomic E-state index is 6.16. The number of hydrogen-bond acceptors (Lipinski definition) is 3. The van der Waals surface area contributed by atoms with Crippen molar-refractivity contribution in [3.63, 3.8) is 0 Å². The predicted octanol–water partition coefficient (Wildman–Crippen LogP) is 5.01. The highest BCUT2D eigenvalue weighted by atomic mass is 35.5. The number of halogens is 2. The molecule has 1 aliphatic heterocycles. The van der Waals surface area contributed by atoms with Crippen molar-refractivity contribution in [3.8, 4) is 0 Å². The zero-order valence-electron chi connectivity index (χ0n) is 11.2. The number of nitrogens with zero attached hydrogens (tertiary/aromatic N) is 3. The van der Waals surface area contributed by atoms with Gasteiger partial charge in [-0.3, -0.25) is 0 Å². The van der Waals surface area contributed by atoms with Crippen LogP contribution in [-0.4, -0.2) is 28.0 Å². The van der Waals surface area contributed by atoms with Crippen molar-refractivity contribution in [2.24, 2.45) is 10.2 Å². The topological polar surface area (TPSA) is 28.0 Å². The normalized spacial score (nSPS) is 18.4. The van der Waals surface area contributed by atoms with Gasteiger partial charge in [0.25, 0.3) is 0 Å². The molecule has 0 amide bonds. The molecule has 20 heavy (non-hydrogen) atoms. The fraction of sp³-hybridized carbons (Fsp3) is 0.462. The first-order valence-electron chi connectivity index (χ1n) is 6.24. The van der Waals surface area contributed by atoms with E-state index < -0.39 is 0 Å². The summed E-state index contributed by atoms with van der Waals surface area (Å²) in [7, 11) is 0. The monoisotopic (exact) mass is 347 g/mol. The van der Waals surface area contributed by atoms with Gasteiger partial charge in [-0.15, -0.1) is 5.11 Å². The standard InChI is InChI=1S/C13H15Cl2N3S2/c1-8(2)18-12(16-17-13(18)19)7-20-6-9-3-4-10(14)5-11(9)15/h3-5,8,12H,6-7H2,1-2H3. The lowest BCUT2D eigenvalue weighted by atomic mass is 10.2. The minimum absolute atomic E-state index is 0.0265. The van der Waals surface area contributed by atoms with Gasteiger partial charge in [0.15, 0.2) is 6.17 Å². The van der Waals surface area contributed by atoms with Gasteiger partial charge in [-0.05, 0) is 43.8 Å². The van der Waals surface area contributed by atoms with Crippen molar-refractivity contribution in [2.75, 3.05) is 5.75 Å². The summed E-state index contributed by atoms with van der Waals surface area (Å²) in [6.07, 6.45) is 0.0265. The van der Waals surface area contributed by atoms with Gasteiger partial charge in [-0.2, -0.15) is 16.9 Å². The number of thioether (sulfide) groups is 1. The Morgan fingerprint density at radius 2 is 2.15 bits per heavy atom. The van der Waals surface area contributed by atoms with E-state index in [1.54, 1.807) is 17.8 Å². The summed E-state index contributed by atoms with van der Waals surface area (Å²) < 4.78 is 0. The van der Waals surface area contributed by atoms with E-state index in [1.807, 2.05) is 12.1 Å². The van der Waals surface area contributed by atoms with E-state index in [9.17, 15) is 0 Å². The van der Waals surface area contributed by atoms with Crippen LogP contribution in [0.4, 0.5) is 0 Å². The quantitative estimate of drug-likeness (QED) is 0.700. The molecule has 108 valence electrons. The van der Waals surface area contributed by atoms with E-state index in [2.05, 4.69) is 29.0 Å². The first-order chi connectivity index (χ1) is 9.49. The molecule has 7 heteroatoms. The van der Waals surface area contributed by atoms with Crippen LogP contribution in [0.15, 0.2) is 28.4 Å². The number of thiocarbonyl (C=S) groups is 1. The zero-order chi connectivity index (χ0) is 14.7. The van der Waals surface area contributed by atoms with E-state index in [-0.39, 0.29) is 6.17 Å². The van der Waals surface area contributed by atoms with Crippen LogP contribution < -0.4 is 0 Å². The van der Waals surface area contributed by atoms with Crippen LogP contribution in [0.2, 0.25) is 10.0 Å². The molecule has 0 spiro atoms. The summed E-state index contributed by atoms with van der Waals surface area (Å²) in [5.41, 5.74) is 1.08. The summed E-state index contributed by atoms with van der Waals surface area (Å²) in [6.45, 7) is 4.19. The van der Waals surface area contributed by atoms with Crippen molar-refractivity contribution in [1.29, 1.82) is 0 Å². The Kier molecular flexibility index (Phi) is 5.66. The number of hydrogen-bond donors (Lipinski definition) is 0.